The number of aryl methyl sites for hydroxylation is 1. The number of likely N-dealkylation sites (N-methyl/N-ethyl adjacent to an activating group) is 1. The number of nitrogens with zero attached hydrogens (tertiary/aromatic N) is 1. The molecule has 0 aromatic heterocycles. The van der Waals surface area contributed by atoms with E-state index in [-0.39, 0.29) is 17.6 Å². The van der Waals surface area contributed by atoms with E-state index >= 15 is 0 Å². The van der Waals surface area contributed by atoms with Crippen LogP contribution >= 0.6 is 11.8 Å². The molecule has 2 atom stereocenters. The molecule has 1 aromatic rings. The van der Waals surface area contributed by atoms with E-state index < -0.39 is 17.3 Å². The first-order chi connectivity index (χ1) is 10.7. The molecule has 0 spiro atoms. The van der Waals surface area contributed by atoms with Crippen LogP contribution in [-0.2, 0) is 14.4 Å². The normalized spacial score (nSPS) is 13.0. The van der Waals surface area contributed by atoms with Crippen LogP contribution in [-0.4, -0.2) is 51.9 Å². The summed E-state index contributed by atoms with van der Waals surface area (Å²) in [5.41, 5.74) is 1.81. The summed E-state index contributed by atoms with van der Waals surface area (Å²) < 4.78 is 0. The molecule has 2 N–H and O–H groups in total. The van der Waals surface area contributed by atoms with Crippen molar-refractivity contribution < 1.29 is 19.5 Å². The van der Waals surface area contributed by atoms with Crippen molar-refractivity contribution in [1.82, 2.24) is 4.90 Å². The Kier molecular flexibility index (Phi) is 7.09. The number of amides is 2. The zero-order chi connectivity index (χ0) is 17.6. The van der Waals surface area contributed by atoms with Gasteiger partial charge in [0.15, 0.2) is 0 Å². The zero-order valence-corrected chi connectivity index (χ0v) is 14.5. The molecule has 0 fully saturated rings. The molecule has 0 saturated heterocycles. The van der Waals surface area contributed by atoms with Crippen molar-refractivity contribution >= 4 is 35.2 Å². The molecular formula is C16H22N2O4S. The van der Waals surface area contributed by atoms with E-state index in [1.807, 2.05) is 31.2 Å². The number of anilines is 1. The average Bonchev–Trinajstić information content (AvgIpc) is 2.52. The van der Waals surface area contributed by atoms with E-state index in [9.17, 15) is 14.4 Å². The number of rotatable bonds is 7. The van der Waals surface area contributed by atoms with Crippen molar-refractivity contribution in [3.05, 3.63) is 29.8 Å². The maximum atomic E-state index is 12.1. The molecule has 0 aliphatic rings. The van der Waals surface area contributed by atoms with Gasteiger partial charge in [-0.05, 0) is 32.9 Å². The third-order valence-corrected chi connectivity index (χ3v) is 4.56. The first kappa shape index (κ1) is 19.0. The number of nitrogens with one attached hydrogen (secondary N) is 1. The fraction of sp³-hybridized carbons (Fsp3) is 0.438. The largest absolute Gasteiger partial charge is 0.480 e. The van der Waals surface area contributed by atoms with Crippen molar-refractivity contribution in [1.29, 1.82) is 0 Å². The van der Waals surface area contributed by atoms with Gasteiger partial charge in [-0.1, -0.05) is 17.7 Å². The molecule has 23 heavy (non-hydrogen) atoms. The van der Waals surface area contributed by atoms with Gasteiger partial charge in [-0.3, -0.25) is 9.59 Å². The Balaban J connectivity index is 2.47. The molecule has 1 rings (SSSR count). The number of carbonyl (C=O) groups is 3. The molecule has 0 saturated carbocycles. The summed E-state index contributed by atoms with van der Waals surface area (Å²) in [5, 5.41) is 11.2. The van der Waals surface area contributed by atoms with Crippen LogP contribution in [0.3, 0.4) is 0 Å². The number of benzene rings is 1. The third kappa shape index (κ3) is 5.94. The van der Waals surface area contributed by atoms with Crippen LogP contribution in [0.2, 0.25) is 0 Å². The lowest BCUT2D eigenvalue weighted by atomic mass is 10.2. The van der Waals surface area contributed by atoms with Gasteiger partial charge >= 0.3 is 5.97 Å². The monoisotopic (exact) mass is 338 g/mol. The number of hydrogen-bond donors (Lipinski definition) is 2. The van der Waals surface area contributed by atoms with Gasteiger partial charge in [-0.2, -0.15) is 0 Å². The minimum absolute atomic E-state index is 0.121. The van der Waals surface area contributed by atoms with Gasteiger partial charge in [-0.15, -0.1) is 11.8 Å². The van der Waals surface area contributed by atoms with E-state index in [0.29, 0.717) is 5.69 Å². The third-order valence-electron chi connectivity index (χ3n) is 3.43. The van der Waals surface area contributed by atoms with Gasteiger partial charge in [0.25, 0.3) is 0 Å². The summed E-state index contributed by atoms with van der Waals surface area (Å²) in [6.45, 7) is 5.07. The van der Waals surface area contributed by atoms with E-state index in [2.05, 4.69) is 5.32 Å². The highest BCUT2D eigenvalue weighted by Gasteiger charge is 2.26. The van der Waals surface area contributed by atoms with Crippen molar-refractivity contribution in [3.8, 4) is 0 Å². The summed E-state index contributed by atoms with van der Waals surface area (Å²) >= 11 is 1.18. The minimum atomic E-state index is -1.06. The number of thioether (sulfide) groups is 1. The molecule has 1 aromatic carbocycles. The predicted octanol–water partition coefficient (Wildman–Crippen LogP) is 1.99. The van der Waals surface area contributed by atoms with Crippen LogP contribution in [0.5, 0.6) is 0 Å². The van der Waals surface area contributed by atoms with Gasteiger partial charge in [0.2, 0.25) is 11.8 Å². The maximum absolute atomic E-state index is 12.1. The summed E-state index contributed by atoms with van der Waals surface area (Å²) in [4.78, 5) is 36.1. The number of aliphatic carboxylic acids is 1. The van der Waals surface area contributed by atoms with Crippen LogP contribution < -0.4 is 5.32 Å². The smallest absolute Gasteiger partial charge is 0.326 e. The van der Waals surface area contributed by atoms with Crippen LogP contribution in [0.25, 0.3) is 0 Å². The molecule has 2 unspecified atom stereocenters. The van der Waals surface area contributed by atoms with Gasteiger partial charge in [0.1, 0.15) is 6.04 Å². The Morgan fingerprint density at radius 1 is 1.22 bits per heavy atom. The molecule has 0 radical (unpaired) electrons. The highest BCUT2D eigenvalue weighted by molar-refractivity contribution is 8.01. The van der Waals surface area contributed by atoms with E-state index in [1.165, 1.54) is 30.6 Å². The number of carbonyl (C=O) groups excluding carboxylic acids is 2. The van der Waals surface area contributed by atoms with Gasteiger partial charge < -0.3 is 15.3 Å². The van der Waals surface area contributed by atoms with E-state index in [0.717, 1.165) is 5.56 Å². The Labute approximate surface area is 140 Å². The van der Waals surface area contributed by atoms with Gasteiger partial charge in [0, 0.05) is 12.7 Å². The SMILES string of the molecule is Cc1ccc(NC(=O)CSC(C)C(=O)N(C)C(C)C(=O)O)cc1. The second-order valence-electron chi connectivity index (χ2n) is 5.33. The van der Waals surface area contributed by atoms with E-state index in [4.69, 9.17) is 5.11 Å². The molecule has 7 heteroatoms. The van der Waals surface area contributed by atoms with Crippen molar-refractivity contribution in [2.75, 3.05) is 18.1 Å². The van der Waals surface area contributed by atoms with Crippen LogP contribution in [0.4, 0.5) is 5.69 Å². The number of carboxylic acid groups (broad SMARTS) is 1. The number of carboxylic acids is 1. The van der Waals surface area contributed by atoms with E-state index in [1.54, 1.807) is 6.92 Å². The fourth-order valence-corrected chi connectivity index (χ4v) is 2.53. The molecule has 0 heterocycles. The Morgan fingerprint density at radius 2 is 1.78 bits per heavy atom. The Bertz CT molecular complexity index is 574. The lowest BCUT2D eigenvalue weighted by Gasteiger charge is -2.24. The maximum Gasteiger partial charge on any atom is 0.326 e. The Hall–Kier alpha value is -2.02. The van der Waals surface area contributed by atoms with Crippen LogP contribution in [0.1, 0.15) is 19.4 Å². The van der Waals surface area contributed by atoms with Gasteiger partial charge in [0.05, 0.1) is 11.0 Å². The quantitative estimate of drug-likeness (QED) is 0.794. The average molecular weight is 338 g/mol. The van der Waals surface area contributed by atoms with Crippen LogP contribution in [0, 0.1) is 6.92 Å². The van der Waals surface area contributed by atoms with Gasteiger partial charge in [-0.25, -0.2) is 4.79 Å². The standard InChI is InChI=1S/C16H22N2O4S/c1-10-5-7-13(8-6-10)17-14(19)9-23-12(3)15(20)18(4)11(2)16(21)22/h5-8,11-12H,9H2,1-4H3,(H,17,19)(H,21,22). The number of hydrogen-bond acceptors (Lipinski definition) is 4. The minimum Gasteiger partial charge on any atom is -0.480 e. The first-order valence-corrected chi connectivity index (χ1v) is 8.25. The van der Waals surface area contributed by atoms with Crippen molar-refractivity contribution in [3.63, 3.8) is 0 Å². The molecule has 0 aliphatic heterocycles. The molecule has 2 amide bonds. The second kappa shape index (κ2) is 8.57. The summed E-state index contributed by atoms with van der Waals surface area (Å²) in [6.07, 6.45) is 0. The fourth-order valence-electron chi connectivity index (χ4n) is 1.75. The van der Waals surface area contributed by atoms with Crippen LogP contribution in [0.15, 0.2) is 24.3 Å². The first-order valence-electron chi connectivity index (χ1n) is 7.20. The zero-order valence-electron chi connectivity index (χ0n) is 13.7. The molecule has 6 nitrogen and oxygen atoms in total. The predicted molar refractivity (Wildman–Crippen MR) is 91.6 cm³/mol. The second-order valence-corrected chi connectivity index (χ2v) is 6.66. The lowest BCUT2D eigenvalue weighted by molar-refractivity contribution is -0.147. The molecule has 126 valence electrons. The summed E-state index contributed by atoms with van der Waals surface area (Å²) in [7, 11) is 1.45. The Morgan fingerprint density at radius 3 is 2.30 bits per heavy atom. The summed E-state index contributed by atoms with van der Waals surface area (Å²) in [6, 6.07) is 6.53. The summed E-state index contributed by atoms with van der Waals surface area (Å²) in [5.74, 6) is -1.45. The molecule has 0 bridgehead atoms. The lowest BCUT2D eigenvalue weighted by Crippen LogP contribution is -2.43. The van der Waals surface area contributed by atoms with Crippen molar-refractivity contribution in [2.45, 2.75) is 32.1 Å². The highest BCUT2D eigenvalue weighted by atomic mass is 32.2. The van der Waals surface area contributed by atoms with Crippen molar-refractivity contribution in [2.24, 2.45) is 0 Å². The highest BCUT2D eigenvalue weighted by Crippen LogP contribution is 2.15. The molecular weight excluding hydrogens is 316 g/mol. The molecule has 0 aliphatic carbocycles. The topological polar surface area (TPSA) is 86.7 Å².